The van der Waals surface area contributed by atoms with Gasteiger partial charge in [0, 0.05) is 0 Å². The predicted molar refractivity (Wildman–Crippen MR) is 90.2 cm³/mol. The third kappa shape index (κ3) is 2.67. The summed E-state index contributed by atoms with van der Waals surface area (Å²) in [4.78, 5) is 12.0. The fourth-order valence-electron chi connectivity index (χ4n) is 5.09. The van der Waals surface area contributed by atoms with Gasteiger partial charge < -0.3 is 0 Å². The van der Waals surface area contributed by atoms with Crippen molar-refractivity contribution in [1.29, 1.82) is 0 Å². The van der Waals surface area contributed by atoms with Crippen LogP contribution in [0.5, 0.6) is 0 Å². The molecule has 0 bridgehead atoms. The van der Waals surface area contributed by atoms with E-state index in [-0.39, 0.29) is 12.2 Å². The van der Waals surface area contributed by atoms with E-state index in [0.717, 1.165) is 0 Å². The minimum atomic E-state index is 0.207. The molecule has 0 aromatic heterocycles. The summed E-state index contributed by atoms with van der Waals surface area (Å²) < 4.78 is 0. The first-order valence-electron chi connectivity index (χ1n) is 9.47. The van der Waals surface area contributed by atoms with Crippen LogP contribution < -0.4 is 0 Å². The molecule has 3 aliphatic rings. The average molecular weight is 306 g/mol. The lowest BCUT2D eigenvalue weighted by atomic mass is 9.63. The Bertz CT molecular complexity index is 397. The fraction of sp³-hybridized carbons (Fsp3) is 0.900. The molecule has 6 atom stereocenters. The van der Waals surface area contributed by atoms with E-state index in [0.29, 0.717) is 35.5 Å². The summed E-state index contributed by atoms with van der Waals surface area (Å²) in [5.74, 6) is 3.95. The van der Waals surface area contributed by atoms with Gasteiger partial charge in [0.25, 0.3) is 0 Å². The maximum Gasteiger partial charge on any atom is 0.117 e. The van der Waals surface area contributed by atoms with Crippen molar-refractivity contribution in [3.05, 3.63) is 11.1 Å². The van der Waals surface area contributed by atoms with Crippen molar-refractivity contribution in [2.45, 2.75) is 79.4 Å². The van der Waals surface area contributed by atoms with Crippen LogP contribution in [0.25, 0.3) is 0 Å². The van der Waals surface area contributed by atoms with Crippen LogP contribution >= 0.6 is 0 Å². The van der Waals surface area contributed by atoms with Gasteiger partial charge in [0.1, 0.15) is 12.2 Å². The van der Waals surface area contributed by atoms with Gasteiger partial charge in [0.05, 0.1) is 0 Å². The van der Waals surface area contributed by atoms with E-state index in [9.17, 15) is 0 Å². The van der Waals surface area contributed by atoms with Gasteiger partial charge in [0.2, 0.25) is 0 Å². The van der Waals surface area contributed by atoms with E-state index in [1.165, 1.54) is 25.7 Å². The molecule has 126 valence electrons. The summed E-state index contributed by atoms with van der Waals surface area (Å²) >= 11 is 0. The summed E-state index contributed by atoms with van der Waals surface area (Å²) in [5, 5.41) is 0. The third-order valence-electron chi connectivity index (χ3n) is 6.52. The van der Waals surface area contributed by atoms with E-state index >= 15 is 0 Å². The van der Waals surface area contributed by atoms with Crippen molar-refractivity contribution in [2.75, 3.05) is 0 Å². The molecule has 1 heterocycles. The van der Waals surface area contributed by atoms with Gasteiger partial charge in [-0.25, -0.2) is 9.78 Å². The second-order valence-electron chi connectivity index (χ2n) is 8.75. The van der Waals surface area contributed by atoms with Crippen LogP contribution in [0.3, 0.4) is 0 Å². The van der Waals surface area contributed by atoms with Crippen molar-refractivity contribution < 1.29 is 9.78 Å². The molecular formula is C20H34O2. The molecule has 0 N–H and O–H groups in total. The lowest BCUT2D eigenvalue weighted by Crippen LogP contribution is -2.47. The van der Waals surface area contributed by atoms with Crippen LogP contribution in [0.15, 0.2) is 11.1 Å². The Labute approximate surface area is 136 Å². The molecule has 2 aliphatic carbocycles. The van der Waals surface area contributed by atoms with Gasteiger partial charge in [0.15, 0.2) is 0 Å². The van der Waals surface area contributed by atoms with E-state index in [1.54, 1.807) is 11.1 Å². The minimum Gasteiger partial charge on any atom is -0.228 e. The van der Waals surface area contributed by atoms with Gasteiger partial charge in [-0.1, -0.05) is 41.5 Å². The van der Waals surface area contributed by atoms with Crippen LogP contribution in [-0.4, -0.2) is 12.2 Å². The zero-order valence-electron chi connectivity index (χ0n) is 15.3. The van der Waals surface area contributed by atoms with Crippen LogP contribution in [0.1, 0.15) is 67.2 Å². The second-order valence-corrected chi connectivity index (χ2v) is 8.75. The molecule has 22 heavy (non-hydrogen) atoms. The van der Waals surface area contributed by atoms with Crippen LogP contribution in [0, 0.1) is 35.5 Å². The third-order valence-corrected chi connectivity index (χ3v) is 6.52. The quantitative estimate of drug-likeness (QED) is 0.503. The average Bonchev–Trinajstić information content (AvgIpc) is 2.47. The molecular weight excluding hydrogens is 272 g/mol. The highest BCUT2D eigenvalue weighted by molar-refractivity contribution is 5.32. The van der Waals surface area contributed by atoms with Crippen molar-refractivity contribution in [3.8, 4) is 0 Å². The van der Waals surface area contributed by atoms with Crippen molar-refractivity contribution >= 4 is 0 Å². The van der Waals surface area contributed by atoms with E-state index in [4.69, 9.17) is 9.78 Å². The Kier molecular flexibility index (Phi) is 4.71. The van der Waals surface area contributed by atoms with E-state index in [2.05, 4.69) is 41.5 Å². The monoisotopic (exact) mass is 306 g/mol. The maximum atomic E-state index is 5.98. The lowest BCUT2D eigenvalue weighted by molar-refractivity contribution is -0.367. The molecule has 0 amide bonds. The first-order chi connectivity index (χ1) is 10.4. The van der Waals surface area contributed by atoms with Crippen LogP contribution in [0.2, 0.25) is 0 Å². The van der Waals surface area contributed by atoms with Crippen LogP contribution in [-0.2, 0) is 9.78 Å². The molecule has 0 aromatic carbocycles. The smallest absolute Gasteiger partial charge is 0.117 e. The molecule has 3 rings (SSSR count). The highest BCUT2D eigenvalue weighted by Gasteiger charge is 2.47. The summed E-state index contributed by atoms with van der Waals surface area (Å²) in [6, 6.07) is 0. The Morgan fingerprint density at radius 1 is 0.682 bits per heavy atom. The summed E-state index contributed by atoms with van der Waals surface area (Å²) in [6.07, 6.45) is 5.59. The topological polar surface area (TPSA) is 18.5 Å². The molecule has 2 saturated carbocycles. The zero-order valence-corrected chi connectivity index (χ0v) is 15.3. The summed E-state index contributed by atoms with van der Waals surface area (Å²) in [5.41, 5.74) is 3.30. The molecule has 0 spiro atoms. The Morgan fingerprint density at radius 3 is 1.36 bits per heavy atom. The Hall–Kier alpha value is -0.340. The second kappa shape index (κ2) is 6.28. The fourth-order valence-corrected chi connectivity index (χ4v) is 5.09. The van der Waals surface area contributed by atoms with Gasteiger partial charge in [-0.15, -0.1) is 0 Å². The molecule has 0 unspecified atom stereocenters. The maximum absolute atomic E-state index is 5.98. The SMILES string of the molecule is CC(C)[C@@H]1CC[C@@H](C)[C@@H]2OO[C@H]3C(=C12)[C@H](C(C)C)CC[C@H]3C. The molecule has 1 aliphatic heterocycles. The standard InChI is InChI=1S/C20H34O2/c1-11(2)15-9-7-13(5)19-17(15)18-16(12(3)4)10-8-14(6)20(18)22-21-19/h11-16,19-20H,7-10H2,1-6H3/t13-,14-,15+,16+,19-,20+/m1/s1. The number of hydrogen-bond donors (Lipinski definition) is 0. The Balaban J connectivity index is 2.10. The molecule has 2 heteroatoms. The number of rotatable bonds is 2. The van der Waals surface area contributed by atoms with Crippen LogP contribution in [0.4, 0.5) is 0 Å². The minimum absolute atomic E-state index is 0.207. The highest BCUT2D eigenvalue weighted by Crippen LogP contribution is 2.51. The van der Waals surface area contributed by atoms with E-state index in [1.807, 2.05) is 0 Å². The van der Waals surface area contributed by atoms with Crippen molar-refractivity contribution in [1.82, 2.24) is 0 Å². The highest BCUT2D eigenvalue weighted by atomic mass is 17.2. The number of hydrogen-bond acceptors (Lipinski definition) is 2. The zero-order chi connectivity index (χ0) is 16.0. The van der Waals surface area contributed by atoms with Gasteiger partial charge in [-0.05, 0) is 72.3 Å². The molecule has 0 saturated heterocycles. The molecule has 0 aromatic rings. The van der Waals surface area contributed by atoms with Gasteiger partial charge in [-0.3, -0.25) is 0 Å². The molecule has 2 nitrogen and oxygen atoms in total. The molecule has 2 fully saturated rings. The summed E-state index contributed by atoms with van der Waals surface area (Å²) in [6.45, 7) is 14.2. The predicted octanol–water partition coefficient (Wildman–Crippen LogP) is 5.39. The lowest BCUT2D eigenvalue weighted by Gasteiger charge is -2.49. The van der Waals surface area contributed by atoms with Crippen molar-refractivity contribution in [3.63, 3.8) is 0 Å². The van der Waals surface area contributed by atoms with E-state index < -0.39 is 0 Å². The molecule has 0 radical (unpaired) electrons. The van der Waals surface area contributed by atoms with Gasteiger partial charge in [-0.2, -0.15) is 0 Å². The first-order valence-corrected chi connectivity index (χ1v) is 9.47. The Morgan fingerprint density at radius 2 is 1.05 bits per heavy atom. The number of fused-ring (bicyclic) bond motifs is 2. The first kappa shape index (κ1) is 16.5. The van der Waals surface area contributed by atoms with Crippen molar-refractivity contribution in [2.24, 2.45) is 35.5 Å². The van der Waals surface area contributed by atoms with Gasteiger partial charge >= 0.3 is 0 Å². The summed E-state index contributed by atoms with van der Waals surface area (Å²) in [7, 11) is 0. The normalized spacial score (nSPS) is 42.5. The largest absolute Gasteiger partial charge is 0.228 e.